The van der Waals surface area contributed by atoms with Gasteiger partial charge in [0.15, 0.2) is 5.82 Å². The summed E-state index contributed by atoms with van der Waals surface area (Å²) in [5, 5.41) is 4.93. The quantitative estimate of drug-likeness (QED) is 0.675. The van der Waals surface area contributed by atoms with Gasteiger partial charge in [-0.1, -0.05) is 0 Å². The van der Waals surface area contributed by atoms with Crippen LogP contribution in [0.1, 0.15) is 9.67 Å². The van der Waals surface area contributed by atoms with Gasteiger partial charge in [-0.15, -0.1) is 11.3 Å². The Balaban J connectivity index is 1.70. The molecule has 1 unspecified atom stereocenters. The average molecular weight is 400 g/mol. The van der Waals surface area contributed by atoms with Gasteiger partial charge in [-0.05, 0) is 46.8 Å². The number of benzene rings is 1. The van der Waals surface area contributed by atoms with Crippen molar-refractivity contribution in [3.63, 3.8) is 0 Å². The van der Waals surface area contributed by atoms with Crippen LogP contribution in [-0.2, 0) is 11.1 Å². The van der Waals surface area contributed by atoms with Crippen LogP contribution in [0.3, 0.4) is 0 Å². The predicted octanol–water partition coefficient (Wildman–Crippen LogP) is 2.88. The van der Waals surface area contributed by atoms with Gasteiger partial charge in [0, 0.05) is 24.7 Å². The molecular weight excluding hydrogens is 386 g/mol. The number of carbonyl (C=O) groups is 1. The zero-order chi connectivity index (χ0) is 19.1. The largest absolute Gasteiger partial charge is 0.768 e. The first-order chi connectivity index (χ1) is 13.0. The van der Waals surface area contributed by atoms with E-state index in [2.05, 4.69) is 15.3 Å². The first-order valence-electron chi connectivity index (χ1n) is 7.88. The van der Waals surface area contributed by atoms with Gasteiger partial charge in [-0.25, -0.2) is 4.98 Å². The third-order valence-corrected chi connectivity index (χ3v) is 5.79. The highest BCUT2D eigenvalue weighted by molar-refractivity contribution is 7.79. The summed E-state index contributed by atoms with van der Waals surface area (Å²) in [5.74, 6) is 0.838. The van der Waals surface area contributed by atoms with E-state index in [1.165, 1.54) is 28.4 Å². The van der Waals surface area contributed by atoms with E-state index in [0.717, 1.165) is 5.69 Å². The van der Waals surface area contributed by atoms with Crippen LogP contribution in [0.4, 0.5) is 28.8 Å². The molecule has 3 heterocycles. The molecule has 3 aromatic rings. The second-order valence-electron chi connectivity index (χ2n) is 5.84. The third kappa shape index (κ3) is 3.07. The van der Waals surface area contributed by atoms with Crippen molar-refractivity contribution in [1.29, 1.82) is 0 Å². The highest BCUT2D eigenvalue weighted by Gasteiger charge is 2.30. The van der Waals surface area contributed by atoms with Crippen LogP contribution in [0.25, 0.3) is 0 Å². The number of rotatable bonds is 3. The van der Waals surface area contributed by atoms with Crippen molar-refractivity contribution in [1.82, 2.24) is 9.97 Å². The van der Waals surface area contributed by atoms with Gasteiger partial charge in [0.05, 0.1) is 11.9 Å². The summed E-state index contributed by atoms with van der Waals surface area (Å²) >= 11 is -0.881. The van der Waals surface area contributed by atoms with Gasteiger partial charge in [0.1, 0.15) is 10.6 Å². The second kappa shape index (κ2) is 6.72. The normalized spacial score (nSPS) is 14.4. The van der Waals surface area contributed by atoms with Crippen molar-refractivity contribution in [3.05, 3.63) is 46.8 Å². The smallest absolute Gasteiger partial charge is 0.270 e. The van der Waals surface area contributed by atoms with Crippen molar-refractivity contribution in [3.8, 4) is 0 Å². The van der Waals surface area contributed by atoms with Gasteiger partial charge in [0.25, 0.3) is 5.91 Å². The number of carbonyl (C=O) groups excluding carboxylic acids is 1. The molecule has 0 radical (unpaired) electrons. The Kier molecular flexibility index (Phi) is 4.38. The highest BCUT2D eigenvalue weighted by Crippen LogP contribution is 2.40. The van der Waals surface area contributed by atoms with Crippen molar-refractivity contribution in [2.45, 2.75) is 4.90 Å². The summed E-state index contributed by atoms with van der Waals surface area (Å²) in [6.45, 7) is 0. The van der Waals surface area contributed by atoms with E-state index in [0.29, 0.717) is 28.0 Å². The Morgan fingerprint density at radius 1 is 1.11 bits per heavy atom. The van der Waals surface area contributed by atoms with Crippen molar-refractivity contribution in [2.24, 2.45) is 0 Å². The van der Waals surface area contributed by atoms with Crippen LogP contribution < -0.4 is 15.1 Å². The van der Waals surface area contributed by atoms with E-state index in [1.807, 2.05) is 23.4 Å². The fraction of sp³-hybridized carbons (Fsp3) is 0.118. The number of nitrogens with one attached hydrogen (secondary N) is 1. The minimum absolute atomic E-state index is 0.101. The Hall–Kier alpha value is -2.82. The summed E-state index contributed by atoms with van der Waals surface area (Å²) in [6.07, 6.45) is 1.59. The van der Waals surface area contributed by atoms with Gasteiger partial charge >= 0.3 is 0 Å². The number of hydrogen-bond donors (Lipinski definition) is 1. The topological polar surface area (TPSA) is 101 Å². The lowest BCUT2D eigenvalue weighted by atomic mass is 10.3. The molecule has 4 rings (SSSR count). The summed E-state index contributed by atoms with van der Waals surface area (Å²) in [5.41, 5.74) is 2.05. The monoisotopic (exact) mass is 400 g/mol. The molecule has 0 saturated heterocycles. The zero-order valence-electron chi connectivity index (χ0n) is 14.4. The molecule has 1 N–H and O–H groups in total. The molecule has 0 spiro atoms. The van der Waals surface area contributed by atoms with Gasteiger partial charge < -0.3 is 19.7 Å². The van der Waals surface area contributed by atoms with Crippen LogP contribution >= 0.6 is 11.3 Å². The molecule has 10 heteroatoms. The fourth-order valence-electron chi connectivity index (χ4n) is 2.79. The van der Waals surface area contributed by atoms with Crippen LogP contribution in [-0.4, -0.2) is 38.7 Å². The number of hydrogen-bond acceptors (Lipinski definition) is 8. The molecule has 1 aliphatic rings. The lowest BCUT2D eigenvalue weighted by Gasteiger charge is -2.20. The van der Waals surface area contributed by atoms with Crippen LogP contribution in [0.15, 0.2) is 46.8 Å². The zero-order valence-corrected chi connectivity index (χ0v) is 16.0. The second-order valence-corrected chi connectivity index (χ2v) is 7.70. The van der Waals surface area contributed by atoms with Crippen molar-refractivity contribution in [2.75, 3.05) is 29.2 Å². The highest BCUT2D eigenvalue weighted by atomic mass is 32.2. The number of fused-ring (bicyclic) bond motifs is 2. The van der Waals surface area contributed by atoms with E-state index in [4.69, 9.17) is 0 Å². The van der Waals surface area contributed by atoms with Crippen LogP contribution in [0.2, 0.25) is 0 Å². The summed E-state index contributed by atoms with van der Waals surface area (Å²) in [7, 11) is 3.55. The average Bonchev–Trinajstić information content (AvgIpc) is 3.14. The molecule has 1 aliphatic heterocycles. The van der Waals surface area contributed by atoms with E-state index in [9.17, 15) is 13.6 Å². The number of nitrogens with zero attached hydrogens (tertiary/aromatic N) is 4. The maximum absolute atomic E-state index is 12.7. The number of anilines is 5. The Bertz CT molecular complexity index is 1050. The fourth-order valence-corrected chi connectivity index (χ4v) is 4.05. The molecule has 1 atom stereocenters. The minimum atomic E-state index is -2.27. The molecule has 138 valence electrons. The van der Waals surface area contributed by atoms with E-state index < -0.39 is 11.1 Å². The summed E-state index contributed by atoms with van der Waals surface area (Å²) in [4.78, 5) is 25.8. The van der Waals surface area contributed by atoms with Gasteiger partial charge in [-0.3, -0.25) is 9.00 Å². The molecule has 0 fully saturated rings. The van der Waals surface area contributed by atoms with Gasteiger partial charge in [-0.2, -0.15) is 4.98 Å². The van der Waals surface area contributed by atoms with Crippen molar-refractivity contribution < 1.29 is 13.6 Å². The molecule has 1 aromatic carbocycles. The van der Waals surface area contributed by atoms with Crippen LogP contribution in [0.5, 0.6) is 0 Å². The third-order valence-electron chi connectivity index (χ3n) is 4.24. The maximum Gasteiger partial charge on any atom is 0.270 e. The van der Waals surface area contributed by atoms with E-state index >= 15 is 0 Å². The first-order valence-corrected chi connectivity index (χ1v) is 9.84. The van der Waals surface area contributed by atoms with E-state index in [-0.39, 0.29) is 10.8 Å². The SMILES string of the molecule is CN1C(=O)c2sccc2N(C)c2nc(Nc3ccc(S(=O)[O-])cc3)ncc21. The molecule has 0 aliphatic carbocycles. The Morgan fingerprint density at radius 2 is 1.85 bits per heavy atom. The van der Waals surface area contributed by atoms with Crippen molar-refractivity contribution >= 4 is 57.2 Å². The lowest BCUT2D eigenvalue weighted by Crippen LogP contribution is -2.25. The molecule has 0 saturated carbocycles. The number of amides is 1. The van der Waals surface area contributed by atoms with E-state index in [1.54, 1.807) is 25.4 Å². The number of aromatic nitrogens is 2. The summed E-state index contributed by atoms with van der Waals surface area (Å²) < 4.78 is 21.9. The molecule has 1 amide bonds. The lowest BCUT2D eigenvalue weighted by molar-refractivity contribution is 0.0998. The molecule has 27 heavy (non-hydrogen) atoms. The molecule has 0 bridgehead atoms. The summed E-state index contributed by atoms with van der Waals surface area (Å²) in [6, 6.07) is 8.14. The first kappa shape index (κ1) is 17.6. The Morgan fingerprint density at radius 3 is 2.56 bits per heavy atom. The maximum atomic E-state index is 12.7. The molecule has 2 aromatic heterocycles. The number of thiophene rings is 1. The van der Waals surface area contributed by atoms with Crippen LogP contribution in [0, 0.1) is 0 Å². The molecule has 8 nitrogen and oxygen atoms in total. The standard InChI is InChI=1S/C17H15N5O3S2/c1-21-12-7-8-26-14(12)16(23)22(2)13-9-18-17(20-15(13)21)19-10-3-5-11(6-4-10)27(24)25/h3-9H,1-2H3,(H,24,25)(H,18,19,20)/p-1. The molecular formula is C17H14N5O3S2-. The predicted molar refractivity (Wildman–Crippen MR) is 104 cm³/mol. The Labute approximate surface area is 161 Å². The minimum Gasteiger partial charge on any atom is -0.768 e. The van der Waals surface area contributed by atoms with Gasteiger partial charge in [0.2, 0.25) is 5.95 Å².